The average molecular weight is 200 g/mol. The van der Waals surface area contributed by atoms with Crippen molar-refractivity contribution in [2.45, 2.75) is 6.42 Å². The van der Waals surface area contributed by atoms with Crippen molar-refractivity contribution in [2.24, 2.45) is 0 Å². The molecule has 0 radical (unpaired) electrons. The van der Waals surface area contributed by atoms with E-state index in [2.05, 4.69) is 23.2 Å². The molecule has 2 aromatic rings. The summed E-state index contributed by atoms with van der Waals surface area (Å²) in [5, 5.41) is 9.63. The van der Waals surface area contributed by atoms with Crippen LogP contribution in [0.5, 0.6) is 0 Å². The van der Waals surface area contributed by atoms with Gasteiger partial charge in [-0.3, -0.25) is 0 Å². The van der Waals surface area contributed by atoms with Crippen LogP contribution in [0.3, 0.4) is 0 Å². The molecule has 1 aromatic heterocycles. The first-order chi connectivity index (χ1) is 6.88. The molecule has 1 heterocycles. The minimum Gasteiger partial charge on any atom is -0.248 e. The Kier molecular flexibility index (Phi) is 2.57. The van der Waals surface area contributed by atoms with Crippen molar-refractivity contribution >= 4 is 11.3 Å². The number of benzene rings is 1. The van der Waals surface area contributed by atoms with Gasteiger partial charge in [-0.2, -0.15) is 5.26 Å². The van der Waals surface area contributed by atoms with Crippen LogP contribution in [0.1, 0.15) is 15.4 Å². The van der Waals surface area contributed by atoms with Crippen molar-refractivity contribution in [3.05, 3.63) is 52.0 Å². The Balaban J connectivity index is 2.16. The molecule has 3 heteroatoms. The predicted molar refractivity (Wildman–Crippen MR) is 56.1 cm³/mol. The largest absolute Gasteiger partial charge is 0.248 e. The number of rotatable bonds is 2. The van der Waals surface area contributed by atoms with Crippen molar-refractivity contribution in [3.8, 4) is 6.07 Å². The van der Waals surface area contributed by atoms with Crippen LogP contribution in [-0.2, 0) is 6.42 Å². The van der Waals surface area contributed by atoms with Crippen molar-refractivity contribution < 1.29 is 0 Å². The third-order valence-electron chi connectivity index (χ3n) is 1.86. The summed E-state index contributed by atoms with van der Waals surface area (Å²) >= 11 is 1.46. The standard InChI is InChI=1S/C11H8N2S/c12-7-10-8-13-11(14-10)6-9-4-2-1-3-5-9/h1-5,8H,6H2. The second-order valence-corrected chi connectivity index (χ2v) is 4.01. The molecule has 0 saturated heterocycles. The number of hydrogen-bond donors (Lipinski definition) is 0. The lowest BCUT2D eigenvalue weighted by Gasteiger charge is -1.95. The first-order valence-electron chi connectivity index (χ1n) is 4.27. The first kappa shape index (κ1) is 8.92. The second kappa shape index (κ2) is 4.03. The molecule has 0 atom stereocenters. The lowest BCUT2D eigenvalue weighted by molar-refractivity contribution is 1.14. The molecule has 0 aliphatic carbocycles. The Morgan fingerprint density at radius 3 is 2.71 bits per heavy atom. The van der Waals surface area contributed by atoms with E-state index in [1.165, 1.54) is 16.9 Å². The van der Waals surface area contributed by atoms with E-state index < -0.39 is 0 Å². The number of hydrogen-bond acceptors (Lipinski definition) is 3. The minimum atomic E-state index is 0.677. The fourth-order valence-electron chi connectivity index (χ4n) is 1.21. The Morgan fingerprint density at radius 1 is 1.29 bits per heavy atom. The van der Waals surface area contributed by atoms with Gasteiger partial charge in [0.05, 0.1) is 11.2 Å². The number of nitriles is 1. The maximum Gasteiger partial charge on any atom is 0.124 e. The molecule has 0 aliphatic rings. The lowest BCUT2D eigenvalue weighted by Crippen LogP contribution is -1.84. The monoisotopic (exact) mass is 200 g/mol. The zero-order valence-electron chi connectivity index (χ0n) is 7.47. The number of nitrogens with zero attached hydrogens (tertiary/aromatic N) is 2. The molecule has 0 N–H and O–H groups in total. The van der Waals surface area contributed by atoms with Gasteiger partial charge in [0.1, 0.15) is 10.9 Å². The molecule has 0 amide bonds. The van der Waals surface area contributed by atoms with E-state index in [1.54, 1.807) is 6.20 Å². The molecule has 0 aliphatic heterocycles. The molecule has 0 bridgehead atoms. The molecular formula is C11H8N2S. The second-order valence-electron chi connectivity index (χ2n) is 2.89. The van der Waals surface area contributed by atoms with E-state index in [9.17, 15) is 0 Å². The van der Waals surface area contributed by atoms with Crippen LogP contribution in [0.2, 0.25) is 0 Å². The van der Waals surface area contributed by atoms with Gasteiger partial charge in [-0.25, -0.2) is 4.98 Å². The predicted octanol–water partition coefficient (Wildman–Crippen LogP) is 2.61. The molecule has 14 heavy (non-hydrogen) atoms. The lowest BCUT2D eigenvalue weighted by atomic mass is 10.2. The van der Waals surface area contributed by atoms with Gasteiger partial charge in [0, 0.05) is 6.42 Å². The summed E-state index contributed by atoms with van der Waals surface area (Å²) in [5.74, 6) is 0. The Labute approximate surface area is 86.5 Å². The summed E-state index contributed by atoms with van der Waals surface area (Å²) in [6.07, 6.45) is 2.44. The zero-order chi connectivity index (χ0) is 9.80. The average Bonchev–Trinajstić information content (AvgIpc) is 2.67. The van der Waals surface area contributed by atoms with Crippen LogP contribution < -0.4 is 0 Å². The van der Waals surface area contributed by atoms with Gasteiger partial charge >= 0.3 is 0 Å². The molecule has 0 fully saturated rings. The van der Waals surface area contributed by atoms with E-state index in [0.717, 1.165) is 11.4 Å². The van der Waals surface area contributed by atoms with E-state index >= 15 is 0 Å². The van der Waals surface area contributed by atoms with E-state index in [4.69, 9.17) is 5.26 Å². The fourth-order valence-corrected chi connectivity index (χ4v) is 1.96. The molecule has 2 rings (SSSR count). The number of aromatic nitrogens is 1. The van der Waals surface area contributed by atoms with Gasteiger partial charge in [0.2, 0.25) is 0 Å². The van der Waals surface area contributed by atoms with Crippen LogP contribution in [0.15, 0.2) is 36.5 Å². The first-order valence-corrected chi connectivity index (χ1v) is 5.09. The van der Waals surface area contributed by atoms with Gasteiger partial charge in [0.25, 0.3) is 0 Å². The molecule has 2 nitrogen and oxygen atoms in total. The van der Waals surface area contributed by atoms with Crippen molar-refractivity contribution in [3.63, 3.8) is 0 Å². The van der Waals surface area contributed by atoms with Crippen molar-refractivity contribution in [1.29, 1.82) is 5.26 Å². The van der Waals surface area contributed by atoms with Gasteiger partial charge < -0.3 is 0 Å². The number of thiazole rings is 1. The highest BCUT2D eigenvalue weighted by molar-refractivity contribution is 7.12. The summed E-state index contributed by atoms with van der Waals surface area (Å²) in [6.45, 7) is 0. The van der Waals surface area contributed by atoms with Crippen LogP contribution in [-0.4, -0.2) is 4.98 Å². The molecule has 68 valence electrons. The quantitative estimate of drug-likeness (QED) is 0.747. The highest BCUT2D eigenvalue weighted by Gasteiger charge is 2.01. The van der Waals surface area contributed by atoms with Crippen LogP contribution >= 0.6 is 11.3 Å². The van der Waals surface area contributed by atoms with Gasteiger partial charge in [0.15, 0.2) is 0 Å². The minimum absolute atomic E-state index is 0.677. The van der Waals surface area contributed by atoms with Crippen LogP contribution in [0, 0.1) is 11.3 Å². The summed E-state index contributed by atoms with van der Waals surface area (Å²) < 4.78 is 0. The molecule has 0 saturated carbocycles. The summed E-state index contributed by atoms with van der Waals surface area (Å²) in [6, 6.07) is 12.2. The van der Waals surface area contributed by atoms with Crippen molar-refractivity contribution in [2.75, 3.05) is 0 Å². The Bertz CT molecular complexity index is 454. The molecule has 0 spiro atoms. The summed E-state index contributed by atoms with van der Waals surface area (Å²) in [7, 11) is 0. The van der Waals surface area contributed by atoms with Crippen LogP contribution in [0.4, 0.5) is 0 Å². The third-order valence-corrected chi connectivity index (χ3v) is 2.76. The van der Waals surface area contributed by atoms with E-state index in [1.807, 2.05) is 18.2 Å². The third kappa shape index (κ3) is 1.98. The smallest absolute Gasteiger partial charge is 0.124 e. The van der Waals surface area contributed by atoms with Gasteiger partial charge in [-0.05, 0) is 5.56 Å². The van der Waals surface area contributed by atoms with E-state index in [0.29, 0.717) is 4.88 Å². The normalized spacial score (nSPS) is 9.64. The van der Waals surface area contributed by atoms with Crippen LogP contribution in [0.25, 0.3) is 0 Å². The maximum absolute atomic E-state index is 8.64. The Morgan fingerprint density at radius 2 is 2.07 bits per heavy atom. The van der Waals surface area contributed by atoms with Gasteiger partial charge in [-0.1, -0.05) is 30.3 Å². The SMILES string of the molecule is N#Cc1cnc(Cc2ccccc2)s1. The molecular weight excluding hydrogens is 192 g/mol. The van der Waals surface area contributed by atoms with Gasteiger partial charge in [-0.15, -0.1) is 11.3 Å². The fraction of sp³-hybridized carbons (Fsp3) is 0.0909. The zero-order valence-corrected chi connectivity index (χ0v) is 8.29. The molecule has 1 aromatic carbocycles. The van der Waals surface area contributed by atoms with E-state index in [-0.39, 0.29) is 0 Å². The maximum atomic E-state index is 8.64. The highest BCUT2D eigenvalue weighted by atomic mass is 32.1. The topological polar surface area (TPSA) is 36.7 Å². The highest BCUT2D eigenvalue weighted by Crippen LogP contribution is 2.15. The Hall–Kier alpha value is -1.66. The molecule has 0 unspecified atom stereocenters. The van der Waals surface area contributed by atoms with Crippen molar-refractivity contribution in [1.82, 2.24) is 4.98 Å². The summed E-state index contributed by atoms with van der Waals surface area (Å²) in [5.41, 5.74) is 1.23. The summed E-state index contributed by atoms with van der Waals surface area (Å²) in [4.78, 5) is 4.86.